The maximum atomic E-state index is 12.9. The normalized spacial score (nSPS) is 33.1. The van der Waals surface area contributed by atoms with Gasteiger partial charge in [0.15, 0.2) is 0 Å². The predicted molar refractivity (Wildman–Crippen MR) is 124 cm³/mol. The molecule has 8 nitrogen and oxygen atoms in total. The molecule has 8 heteroatoms. The quantitative estimate of drug-likeness (QED) is 0.626. The fourth-order valence-electron chi connectivity index (χ4n) is 6.04. The Bertz CT molecular complexity index is 1040. The van der Waals surface area contributed by atoms with E-state index in [1.54, 1.807) is 11.0 Å². The smallest absolute Gasteiger partial charge is 0.255 e. The summed E-state index contributed by atoms with van der Waals surface area (Å²) in [6.07, 6.45) is 6.95. The van der Waals surface area contributed by atoms with Crippen molar-refractivity contribution < 1.29 is 19.1 Å². The second-order valence-electron chi connectivity index (χ2n) is 10.6. The SMILES string of the molecule is C[C@]1(C#N)C[C@H](CN[C@H]2CCCC[C@H]2Oc2ccc3c(c2)CN(C2CCC(=O)NC2=O)C3=O)C1. The molecule has 1 aromatic rings. The summed E-state index contributed by atoms with van der Waals surface area (Å²) in [5.41, 5.74) is 1.30. The molecule has 5 rings (SSSR count). The molecule has 2 N–H and O–H groups in total. The third-order valence-corrected chi connectivity index (χ3v) is 7.90. The van der Waals surface area contributed by atoms with E-state index in [4.69, 9.17) is 4.74 Å². The zero-order valence-electron chi connectivity index (χ0n) is 19.6. The number of hydrogen-bond donors (Lipinski definition) is 2. The van der Waals surface area contributed by atoms with Gasteiger partial charge in [0.1, 0.15) is 17.9 Å². The molecule has 0 bridgehead atoms. The molecule has 2 saturated carbocycles. The van der Waals surface area contributed by atoms with Crippen LogP contribution < -0.4 is 15.4 Å². The van der Waals surface area contributed by atoms with E-state index in [2.05, 4.69) is 16.7 Å². The van der Waals surface area contributed by atoms with Gasteiger partial charge in [0.05, 0.1) is 11.5 Å². The van der Waals surface area contributed by atoms with Crippen molar-refractivity contribution >= 4 is 17.7 Å². The van der Waals surface area contributed by atoms with E-state index in [-0.39, 0.29) is 35.8 Å². The lowest BCUT2D eigenvalue weighted by atomic mass is 9.64. The van der Waals surface area contributed by atoms with E-state index in [0.29, 0.717) is 24.4 Å². The predicted octanol–water partition coefficient (Wildman–Crippen LogP) is 2.67. The molecule has 0 aromatic heterocycles. The fraction of sp³-hybridized carbons (Fsp3) is 0.615. The first-order chi connectivity index (χ1) is 16.3. The number of imide groups is 1. The number of nitrogens with zero attached hydrogens (tertiary/aromatic N) is 2. The Labute approximate surface area is 200 Å². The summed E-state index contributed by atoms with van der Waals surface area (Å²) in [7, 11) is 0. The first kappa shape index (κ1) is 22.9. The van der Waals surface area contributed by atoms with E-state index in [1.165, 1.54) is 6.42 Å². The minimum absolute atomic E-state index is 0.0672. The van der Waals surface area contributed by atoms with Crippen molar-refractivity contribution in [2.45, 2.75) is 83.0 Å². The van der Waals surface area contributed by atoms with Crippen molar-refractivity contribution in [2.75, 3.05) is 6.54 Å². The second-order valence-corrected chi connectivity index (χ2v) is 10.6. The zero-order chi connectivity index (χ0) is 23.9. The number of hydrogen-bond acceptors (Lipinski definition) is 6. The Balaban J connectivity index is 1.21. The Morgan fingerprint density at radius 2 is 2.00 bits per heavy atom. The lowest BCUT2D eigenvalue weighted by Gasteiger charge is -2.41. The number of amides is 3. The molecule has 3 atom stereocenters. The summed E-state index contributed by atoms with van der Waals surface area (Å²) in [5.74, 6) is 0.449. The number of fused-ring (bicyclic) bond motifs is 1. The lowest BCUT2D eigenvalue weighted by molar-refractivity contribution is -0.136. The van der Waals surface area contributed by atoms with Gasteiger partial charge in [0, 0.05) is 24.6 Å². The van der Waals surface area contributed by atoms with Gasteiger partial charge in [0.2, 0.25) is 11.8 Å². The molecule has 180 valence electrons. The van der Waals surface area contributed by atoms with Gasteiger partial charge in [-0.1, -0.05) is 6.42 Å². The average Bonchev–Trinajstić information content (AvgIpc) is 3.12. The van der Waals surface area contributed by atoms with Crippen LogP contribution >= 0.6 is 0 Å². The van der Waals surface area contributed by atoms with E-state index in [9.17, 15) is 19.6 Å². The molecule has 1 saturated heterocycles. The highest BCUT2D eigenvalue weighted by atomic mass is 16.5. The van der Waals surface area contributed by atoms with Crippen molar-refractivity contribution in [1.29, 1.82) is 5.26 Å². The molecular weight excluding hydrogens is 432 g/mol. The van der Waals surface area contributed by atoms with Crippen LogP contribution in [0.3, 0.4) is 0 Å². The highest BCUT2D eigenvalue weighted by molar-refractivity contribution is 6.05. The Morgan fingerprint density at radius 1 is 1.21 bits per heavy atom. The Hall–Kier alpha value is -2.92. The van der Waals surface area contributed by atoms with Gasteiger partial charge < -0.3 is 15.0 Å². The van der Waals surface area contributed by atoms with Gasteiger partial charge in [-0.2, -0.15) is 5.26 Å². The van der Waals surface area contributed by atoms with Crippen molar-refractivity contribution in [3.05, 3.63) is 29.3 Å². The van der Waals surface area contributed by atoms with Crippen molar-refractivity contribution in [3.63, 3.8) is 0 Å². The molecule has 0 spiro atoms. The summed E-state index contributed by atoms with van der Waals surface area (Å²) >= 11 is 0. The number of nitrogens with one attached hydrogen (secondary N) is 2. The summed E-state index contributed by atoms with van der Waals surface area (Å²) in [5, 5.41) is 15.3. The van der Waals surface area contributed by atoms with Crippen LogP contribution in [0.1, 0.15) is 74.2 Å². The van der Waals surface area contributed by atoms with Crippen LogP contribution in [-0.4, -0.2) is 47.4 Å². The van der Waals surface area contributed by atoms with Crippen LogP contribution in [0.25, 0.3) is 0 Å². The van der Waals surface area contributed by atoms with Gasteiger partial charge in [-0.25, -0.2) is 0 Å². The highest BCUT2D eigenvalue weighted by Crippen LogP contribution is 2.44. The topological polar surface area (TPSA) is 112 Å². The van der Waals surface area contributed by atoms with Gasteiger partial charge in [-0.3, -0.25) is 19.7 Å². The summed E-state index contributed by atoms with van der Waals surface area (Å²) in [6, 6.07) is 7.66. The van der Waals surface area contributed by atoms with Crippen LogP contribution in [0.15, 0.2) is 18.2 Å². The number of carbonyl (C=O) groups is 3. The van der Waals surface area contributed by atoms with Crippen LogP contribution in [0.4, 0.5) is 0 Å². The van der Waals surface area contributed by atoms with Gasteiger partial charge >= 0.3 is 0 Å². The Kier molecular flexibility index (Phi) is 6.07. The van der Waals surface area contributed by atoms with Crippen molar-refractivity contribution in [1.82, 2.24) is 15.5 Å². The molecule has 4 aliphatic rings. The zero-order valence-corrected chi connectivity index (χ0v) is 19.6. The molecule has 34 heavy (non-hydrogen) atoms. The van der Waals surface area contributed by atoms with Crippen molar-refractivity contribution in [2.24, 2.45) is 11.3 Å². The molecule has 3 fully saturated rings. The number of benzene rings is 1. The third-order valence-electron chi connectivity index (χ3n) is 7.90. The summed E-state index contributed by atoms with van der Waals surface area (Å²) in [4.78, 5) is 38.2. The van der Waals surface area contributed by atoms with E-state index >= 15 is 0 Å². The maximum absolute atomic E-state index is 12.9. The highest BCUT2D eigenvalue weighted by Gasteiger charge is 2.41. The fourth-order valence-corrected chi connectivity index (χ4v) is 6.04. The molecule has 3 amide bonds. The molecule has 2 aliphatic heterocycles. The minimum atomic E-state index is -0.608. The van der Waals surface area contributed by atoms with Crippen LogP contribution in [0, 0.1) is 22.7 Å². The lowest BCUT2D eigenvalue weighted by Crippen LogP contribution is -2.52. The number of piperidine rings is 1. The first-order valence-electron chi connectivity index (χ1n) is 12.4. The largest absolute Gasteiger partial charge is 0.489 e. The summed E-state index contributed by atoms with van der Waals surface area (Å²) in [6.45, 7) is 3.31. The van der Waals surface area contributed by atoms with Gasteiger partial charge in [-0.05, 0) is 81.7 Å². The van der Waals surface area contributed by atoms with Crippen molar-refractivity contribution in [3.8, 4) is 11.8 Å². The molecule has 2 heterocycles. The van der Waals surface area contributed by atoms with Crippen LogP contribution in [-0.2, 0) is 16.1 Å². The number of carbonyl (C=O) groups excluding carboxylic acids is 3. The minimum Gasteiger partial charge on any atom is -0.489 e. The van der Waals surface area contributed by atoms with E-state index in [1.807, 2.05) is 19.1 Å². The summed E-state index contributed by atoms with van der Waals surface area (Å²) < 4.78 is 6.42. The van der Waals surface area contributed by atoms with Crippen LogP contribution in [0.2, 0.25) is 0 Å². The van der Waals surface area contributed by atoms with Crippen LogP contribution in [0.5, 0.6) is 5.75 Å². The standard InChI is InChI=1S/C26H32N4O4/c1-26(15-27)11-16(12-26)13-28-20-4-2-3-5-22(20)34-18-6-7-19-17(10-18)14-30(25(19)33)21-8-9-23(31)29-24(21)32/h6-7,10,16,20-22,28H,2-5,8-9,11-14H2,1H3,(H,29,31,32)/t16-,20-,21?,22+,26-/m0/s1. The molecular formula is C26H32N4O4. The second kappa shape index (κ2) is 9.03. The van der Waals surface area contributed by atoms with Gasteiger partial charge in [0.25, 0.3) is 5.91 Å². The maximum Gasteiger partial charge on any atom is 0.255 e. The number of ether oxygens (including phenoxy) is 1. The van der Waals surface area contributed by atoms with Gasteiger partial charge in [-0.15, -0.1) is 0 Å². The van der Waals surface area contributed by atoms with E-state index < -0.39 is 11.9 Å². The monoisotopic (exact) mass is 464 g/mol. The van der Waals surface area contributed by atoms with E-state index in [0.717, 1.165) is 50.0 Å². The average molecular weight is 465 g/mol. The molecule has 1 aromatic carbocycles. The molecule has 1 unspecified atom stereocenters. The number of rotatable bonds is 6. The Morgan fingerprint density at radius 3 is 2.76 bits per heavy atom. The first-order valence-corrected chi connectivity index (χ1v) is 12.4. The third kappa shape index (κ3) is 4.41. The molecule has 0 radical (unpaired) electrons. The molecule has 2 aliphatic carbocycles. The number of nitriles is 1.